The van der Waals surface area contributed by atoms with Crippen LogP contribution in [0.3, 0.4) is 0 Å². The van der Waals surface area contributed by atoms with Gasteiger partial charge in [-0.3, -0.25) is 4.90 Å². The molecule has 0 radical (unpaired) electrons. The van der Waals surface area contributed by atoms with Crippen molar-refractivity contribution >= 4 is 16.5 Å². The largest absolute Gasteiger partial charge is 0.381 e. The van der Waals surface area contributed by atoms with E-state index in [4.69, 9.17) is 9.47 Å². The third kappa shape index (κ3) is 3.02. The number of rotatable bonds is 2. The molecule has 0 saturated carbocycles. The summed E-state index contributed by atoms with van der Waals surface area (Å²) in [4.78, 5) is 9.54. The molecule has 0 aliphatic carbocycles. The molecule has 1 spiro atoms. The number of piperazine rings is 1. The van der Waals surface area contributed by atoms with Crippen molar-refractivity contribution in [3.05, 3.63) is 11.6 Å². The number of hydrogen-bond donors (Lipinski definition) is 0. The van der Waals surface area contributed by atoms with Crippen molar-refractivity contribution in [1.82, 2.24) is 9.88 Å². The summed E-state index contributed by atoms with van der Waals surface area (Å²) in [6, 6.07) is 0.685. The minimum atomic E-state index is 0.105. The van der Waals surface area contributed by atoms with Crippen LogP contribution < -0.4 is 4.90 Å². The molecule has 0 N–H and O–H groups in total. The van der Waals surface area contributed by atoms with E-state index >= 15 is 0 Å². The average Bonchev–Trinajstić information content (AvgIpc) is 3.10. The van der Waals surface area contributed by atoms with Gasteiger partial charge in [-0.2, -0.15) is 0 Å². The Balaban J connectivity index is 1.35. The summed E-state index contributed by atoms with van der Waals surface area (Å²) in [6.07, 6.45) is 6.42. The predicted octanol–water partition coefficient (Wildman–Crippen LogP) is 1.99. The number of nitrogens with zero attached hydrogens (tertiary/aromatic N) is 3. The normalized spacial score (nSPS) is 29.8. The molecule has 3 aliphatic rings. The van der Waals surface area contributed by atoms with E-state index in [-0.39, 0.29) is 5.60 Å². The zero-order chi connectivity index (χ0) is 14.8. The highest BCUT2D eigenvalue weighted by Gasteiger charge is 2.41. The Morgan fingerprint density at radius 2 is 1.95 bits per heavy atom. The molecule has 6 heteroatoms. The number of anilines is 1. The maximum Gasteiger partial charge on any atom is 0.185 e. The average molecular weight is 323 g/mol. The Morgan fingerprint density at radius 1 is 1.14 bits per heavy atom. The zero-order valence-corrected chi connectivity index (χ0v) is 13.9. The lowest BCUT2D eigenvalue weighted by atomic mass is 9.83. The number of thiazole rings is 1. The van der Waals surface area contributed by atoms with Crippen LogP contribution in [-0.2, 0) is 9.47 Å². The molecule has 3 saturated heterocycles. The first-order chi connectivity index (χ1) is 10.8. The highest BCUT2D eigenvalue weighted by molar-refractivity contribution is 7.13. The standard InChI is InChI=1S/C16H25N3O2S/c1-9-21-16(2-10-20-11-3-16)13-14(1)18-5-7-19(8-6-18)15-17-4-12-22-15/h4,12,14H,1-3,5-11,13H2/t14-/m1/s1. The Labute approximate surface area is 136 Å². The van der Waals surface area contributed by atoms with Crippen LogP contribution in [0.5, 0.6) is 0 Å². The minimum absolute atomic E-state index is 0.105. The SMILES string of the molecule is c1csc(N2CCN([C@@H]3CCOC4(CCOCC4)C3)CC2)n1. The smallest absolute Gasteiger partial charge is 0.185 e. The van der Waals surface area contributed by atoms with Crippen molar-refractivity contribution in [3.8, 4) is 0 Å². The lowest BCUT2D eigenvalue weighted by Gasteiger charge is -2.48. The molecule has 3 aliphatic heterocycles. The van der Waals surface area contributed by atoms with Crippen LogP contribution in [0.4, 0.5) is 5.13 Å². The topological polar surface area (TPSA) is 37.8 Å². The van der Waals surface area contributed by atoms with Crippen LogP contribution in [0.15, 0.2) is 11.6 Å². The number of hydrogen-bond acceptors (Lipinski definition) is 6. The van der Waals surface area contributed by atoms with E-state index in [1.165, 1.54) is 18.0 Å². The predicted molar refractivity (Wildman–Crippen MR) is 87.7 cm³/mol. The molecule has 3 fully saturated rings. The van der Waals surface area contributed by atoms with Crippen LogP contribution in [0.1, 0.15) is 25.7 Å². The second kappa shape index (κ2) is 6.43. The fourth-order valence-corrected chi connectivity index (χ4v) is 4.75. The first kappa shape index (κ1) is 14.9. The van der Waals surface area contributed by atoms with Crippen molar-refractivity contribution in [2.75, 3.05) is 50.9 Å². The molecule has 0 aromatic carbocycles. The van der Waals surface area contributed by atoms with Gasteiger partial charge in [0, 0.05) is 63.6 Å². The summed E-state index contributed by atoms with van der Waals surface area (Å²) in [7, 11) is 0. The van der Waals surface area contributed by atoms with Crippen molar-refractivity contribution in [2.45, 2.75) is 37.3 Å². The third-order valence-electron chi connectivity index (χ3n) is 5.39. The van der Waals surface area contributed by atoms with Crippen LogP contribution in [0, 0.1) is 0 Å². The Kier molecular flexibility index (Phi) is 4.35. The van der Waals surface area contributed by atoms with E-state index in [9.17, 15) is 0 Å². The molecular weight excluding hydrogens is 298 g/mol. The van der Waals surface area contributed by atoms with E-state index in [1.54, 1.807) is 11.3 Å². The van der Waals surface area contributed by atoms with E-state index in [2.05, 4.69) is 20.2 Å². The van der Waals surface area contributed by atoms with Crippen molar-refractivity contribution in [2.24, 2.45) is 0 Å². The summed E-state index contributed by atoms with van der Waals surface area (Å²) in [5, 5.41) is 3.24. The molecule has 122 valence electrons. The molecular formula is C16H25N3O2S. The lowest BCUT2D eigenvalue weighted by Crippen LogP contribution is -2.56. The van der Waals surface area contributed by atoms with Gasteiger partial charge in [0.1, 0.15) is 0 Å². The van der Waals surface area contributed by atoms with Gasteiger partial charge >= 0.3 is 0 Å². The molecule has 0 unspecified atom stereocenters. The first-order valence-electron chi connectivity index (χ1n) is 8.45. The minimum Gasteiger partial charge on any atom is -0.381 e. The summed E-state index contributed by atoms with van der Waals surface area (Å²) in [5.41, 5.74) is 0.105. The molecule has 1 atom stereocenters. The van der Waals surface area contributed by atoms with E-state index in [0.29, 0.717) is 6.04 Å². The van der Waals surface area contributed by atoms with Gasteiger partial charge in [-0.1, -0.05) is 0 Å². The Bertz CT molecular complexity index is 462. The van der Waals surface area contributed by atoms with E-state index in [1.807, 2.05) is 6.20 Å². The number of ether oxygens (including phenoxy) is 2. The van der Waals surface area contributed by atoms with Crippen LogP contribution in [0.25, 0.3) is 0 Å². The summed E-state index contributed by atoms with van der Waals surface area (Å²) in [5.74, 6) is 0. The molecule has 5 nitrogen and oxygen atoms in total. The van der Waals surface area contributed by atoms with Crippen molar-refractivity contribution in [3.63, 3.8) is 0 Å². The van der Waals surface area contributed by atoms with E-state index in [0.717, 1.165) is 58.8 Å². The van der Waals surface area contributed by atoms with Gasteiger partial charge in [0.05, 0.1) is 5.60 Å². The van der Waals surface area contributed by atoms with Crippen LogP contribution in [-0.4, -0.2) is 67.5 Å². The maximum atomic E-state index is 6.18. The monoisotopic (exact) mass is 323 g/mol. The molecule has 1 aromatic heterocycles. The number of aromatic nitrogens is 1. The van der Waals surface area contributed by atoms with Gasteiger partial charge in [0.25, 0.3) is 0 Å². The summed E-state index contributed by atoms with van der Waals surface area (Å²) in [6.45, 7) is 7.14. The molecule has 0 amide bonds. The first-order valence-corrected chi connectivity index (χ1v) is 9.33. The van der Waals surface area contributed by atoms with Crippen LogP contribution >= 0.6 is 11.3 Å². The van der Waals surface area contributed by atoms with Gasteiger partial charge in [0.2, 0.25) is 0 Å². The maximum absolute atomic E-state index is 6.18. The lowest BCUT2D eigenvalue weighted by molar-refractivity contribution is -0.151. The molecule has 0 bridgehead atoms. The highest BCUT2D eigenvalue weighted by atomic mass is 32.1. The van der Waals surface area contributed by atoms with Gasteiger partial charge in [-0.25, -0.2) is 4.98 Å². The van der Waals surface area contributed by atoms with Gasteiger partial charge in [0.15, 0.2) is 5.13 Å². The second-order valence-electron chi connectivity index (χ2n) is 6.63. The Hall–Kier alpha value is -0.690. The third-order valence-corrected chi connectivity index (χ3v) is 6.22. The molecule has 22 heavy (non-hydrogen) atoms. The molecule has 4 rings (SSSR count). The summed E-state index contributed by atoms with van der Waals surface area (Å²) >= 11 is 1.75. The van der Waals surface area contributed by atoms with Crippen molar-refractivity contribution in [1.29, 1.82) is 0 Å². The fourth-order valence-electron chi connectivity index (χ4n) is 4.06. The van der Waals surface area contributed by atoms with Gasteiger partial charge in [-0.15, -0.1) is 11.3 Å². The highest BCUT2D eigenvalue weighted by Crippen LogP contribution is 2.36. The Morgan fingerprint density at radius 3 is 2.68 bits per heavy atom. The fraction of sp³-hybridized carbons (Fsp3) is 0.812. The second-order valence-corrected chi connectivity index (χ2v) is 7.50. The quantitative estimate of drug-likeness (QED) is 0.832. The molecule has 4 heterocycles. The van der Waals surface area contributed by atoms with E-state index < -0.39 is 0 Å². The molecule has 1 aromatic rings. The zero-order valence-electron chi connectivity index (χ0n) is 13.1. The van der Waals surface area contributed by atoms with Crippen molar-refractivity contribution < 1.29 is 9.47 Å². The van der Waals surface area contributed by atoms with Crippen LogP contribution in [0.2, 0.25) is 0 Å². The van der Waals surface area contributed by atoms with Gasteiger partial charge in [-0.05, 0) is 25.7 Å². The van der Waals surface area contributed by atoms with Gasteiger partial charge < -0.3 is 14.4 Å². The summed E-state index contributed by atoms with van der Waals surface area (Å²) < 4.78 is 11.7.